The number of methoxy groups -OCH3 is 1. The van der Waals surface area contributed by atoms with Crippen LogP contribution >= 0.6 is 11.8 Å². The van der Waals surface area contributed by atoms with Crippen molar-refractivity contribution in [2.24, 2.45) is 0 Å². The molecule has 0 aliphatic carbocycles. The molecule has 0 bridgehead atoms. The Bertz CT molecular complexity index is 1280. The third-order valence-electron chi connectivity index (χ3n) is 5.99. The maximum atomic E-state index is 14.0. The summed E-state index contributed by atoms with van der Waals surface area (Å²) in [5, 5.41) is 0. The maximum absolute atomic E-state index is 14.0. The van der Waals surface area contributed by atoms with E-state index in [0.717, 1.165) is 12.1 Å². The molecule has 1 saturated heterocycles. The Kier molecular flexibility index (Phi) is 5.31. The van der Waals surface area contributed by atoms with Gasteiger partial charge < -0.3 is 9.64 Å². The summed E-state index contributed by atoms with van der Waals surface area (Å²) in [7, 11) is 1.54. The highest BCUT2D eigenvalue weighted by Crippen LogP contribution is 2.56. The lowest BCUT2D eigenvalue weighted by atomic mass is 10.0. The fourth-order valence-electron chi connectivity index (χ4n) is 4.47. The number of rotatable bonds is 4. The molecule has 5 nitrogen and oxygen atoms in total. The molecule has 3 aromatic carbocycles. The van der Waals surface area contributed by atoms with Gasteiger partial charge in [-0.2, -0.15) is 13.2 Å². The van der Waals surface area contributed by atoms with E-state index in [2.05, 4.69) is 0 Å². The minimum atomic E-state index is -4.48. The van der Waals surface area contributed by atoms with E-state index < -0.39 is 16.6 Å². The number of para-hydroxylation sites is 1. The van der Waals surface area contributed by atoms with Crippen molar-refractivity contribution in [1.82, 2.24) is 0 Å². The van der Waals surface area contributed by atoms with Crippen LogP contribution in [0.4, 0.5) is 24.5 Å². The molecule has 1 atom stereocenters. The van der Waals surface area contributed by atoms with Crippen molar-refractivity contribution in [2.45, 2.75) is 17.6 Å². The Morgan fingerprint density at radius 1 is 1.00 bits per heavy atom. The number of hydrogen-bond donors (Lipinski definition) is 0. The van der Waals surface area contributed by atoms with Crippen LogP contribution < -0.4 is 14.5 Å². The summed E-state index contributed by atoms with van der Waals surface area (Å²) in [5.74, 6) is 0.127. The largest absolute Gasteiger partial charge is 0.497 e. The number of benzene rings is 3. The number of carbonyl (C=O) groups excluding carboxylic acids is 2. The average molecular weight is 484 g/mol. The fraction of sp³-hybridized carbons (Fsp3) is 0.200. The van der Waals surface area contributed by atoms with E-state index in [0.29, 0.717) is 28.3 Å². The normalized spacial score (nSPS) is 19.8. The predicted molar refractivity (Wildman–Crippen MR) is 124 cm³/mol. The molecule has 2 aliphatic rings. The lowest BCUT2D eigenvalue weighted by Gasteiger charge is -2.33. The predicted octanol–water partition coefficient (Wildman–Crippen LogP) is 5.19. The standard InChI is InChI=1S/C25H19F3N2O3S/c1-33-19-11-9-18(10-12-19)30-22(31)15-34-24(30)20-7-2-3-8-21(20)29(23(24)32)14-16-5-4-6-17(13-16)25(26,27)28/h2-13H,14-15H2,1H3/t24-/m1/s1. The first kappa shape index (κ1) is 22.3. The summed E-state index contributed by atoms with van der Waals surface area (Å²) in [5.41, 5.74) is 1.33. The van der Waals surface area contributed by atoms with Crippen LogP contribution in [0.3, 0.4) is 0 Å². The Labute approximate surface area is 198 Å². The van der Waals surface area contributed by atoms with Crippen molar-refractivity contribution >= 4 is 35.0 Å². The second-order valence-electron chi connectivity index (χ2n) is 7.97. The molecule has 0 radical (unpaired) electrons. The van der Waals surface area contributed by atoms with Gasteiger partial charge in [0.2, 0.25) is 10.8 Å². The van der Waals surface area contributed by atoms with E-state index >= 15 is 0 Å². The van der Waals surface area contributed by atoms with Gasteiger partial charge in [-0.1, -0.05) is 30.3 Å². The molecule has 2 amide bonds. The van der Waals surface area contributed by atoms with Crippen LogP contribution in [-0.4, -0.2) is 24.7 Å². The van der Waals surface area contributed by atoms with Gasteiger partial charge in [0.15, 0.2) is 0 Å². The van der Waals surface area contributed by atoms with Crippen molar-refractivity contribution in [3.05, 3.63) is 89.5 Å². The van der Waals surface area contributed by atoms with Gasteiger partial charge in [-0.05, 0) is 48.0 Å². The lowest BCUT2D eigenvalue weighted by Crippen LogP contribution is -2.49. The topological polar surface area (TPSA) is 49.9 Å². The number of carbonyl (C=O) groups is 2. The van der Waals surface area contributed by atoms with E-state index in [9.17, 15) is 22.8 Å². The number of alkyl halides is 3. The van der Waals surface area contributed by atoms with E-state index in [1.54, 1.807) is 54.6 Å². The number of hydrogen-bond acceptors (Lipinski definition) is 4. The van der Waals surface area contributed by atoms with Crippen LogP contribution in [0, 0.1) is 0 Å². The summed E-state index contributed by atoms with van der Waals surface area (Å²) in [6.45, 7) is -0.0489. The molecule has 1 fully saturated rings. The zero-order chi connectivity index (χ0) is 24.1. The number of nitrogens with zero attached hydrogens (tertiary/aromatic N) is 2. The first-order valence-corrected chi connectivity index (χ1v) is 11.4. The van der Waals surface area contributed by atoms with Crippen LogP contribution in [-0.2, 0) is 27.2 Å². The zero-order valence-corrected chi connectivity index (χ0v) is 18.8. The third-order valence-corrected chi connectivity index (χ3v) is 7.38. The van der Waals surface area contributed by atoms with Gasteiger partial charge in [0.25, 0.3) is 5.91 Å². The Morgan fingerprint density at radius 2 is 1.74 bits per heavy atom. The molecule has 34 heavy (non-hydrogen) atoms. The van der Waals surface area contributed by atoms with E-state index in [4.69, 9.17) is 4.74 Å². The Hall–Kier alpha value is -3.46. The molecule has 5 rings (SSSR count). The number of anilines is 2. The summed E-state index contributed by atoms with van der Waals surface area (Å²) < 4.78 is 44.9. The molecular formula is C25H19F3N2O3S. The van der Waals surface area contributed by atoms with Crippen LogP contribution in [0.15, 0.2) is 72.8 Å². The second kappa shape index (κ2) is 8.09. The molecule has 1 spiro atoms. The van der Waals surface area contributed by atoms with Crippen molar-refractivity contribution in [2.75, 3.05) is 22.7 Å². The van der Waals surface area contributed by atoms with Crippen LogP contribution in [0.25, 0.3) is 0 Å². The van der Waals surface area contributed by atoms with Crippen molar-refractivity contribution in [1.29, 1.82) is 0 Å². The number of fused-ring (bicyclic) bond motifs is 2. The quantitative estimate of drug-likeness (QED) is 0.511. The maximum Gasteiger partial charge on any atom is 0.416 e. The first-order valence-electron chi connectivity index (χ1n) is 10.4. The van der Waals surface area contributed by atoms with Gasteiger partial charge in [0.05, 0.1) is 30.7 Å². The van der Waals surface area contributed by atoms with Crippen molar-refractivity contribution < 1.29 is 27.5 Å². The molecule has 2 aliphatic heterocycles. The molecule has 9 heteroatoms. The molecule has 0 aromatic heterocycles. The molecule has 3 aromatic rings. The Morgan fingerprint density at radius 3 is 2.44 bits per heavy atom. The average Bonchev–Trinajstić information content (AvgIpc) is 3.30. The van der Waals surface area contributed by atoms with Gasteiger partial charge in [-0.25, -0.2) is 0 Å². The van der Waals surface area contributed by atoms with Gasteiger partial charge in [-0.3, -0.25) is 14.5 Å². The lowest BCUT2D eigenvalue weighted by molar-refractivity contribution is -0.137. The molecule has 0 unspecified atom stereocenters. The van der Waals surface area contributed by atoms with Crippen LogP contribution in [0.1, 0.15) is 16.7 Å². The fourth-order valence-corrected chi connectivity index (χ4v) is 5.83. The molecule has 0 saturated carbocycles. The molecule has 0 N–H and O–H groups in total. The van der Waals surface area contributed by atoms with Gasteiger partial charge in [0, 0.05) is 11.3 Å². The number of thioether (sulfide) groups is 1. The van der Waals surface area contributed by atoms with Gasteiger partial charge in [-0.15, -0.1) is 11.8 Å². The zero-order valence-electron chi connectivity index (χ0n) is 18.0. The van der Waals surface area contributed by atoms with E-state index in [-0.39, 0.29) is 24.1 Å². The monoisotopic (exact) mass is 484 g/mol. The van der Waals surface area contributed by atoms with Crippen molar-refractivity contribution in [3.8, 4) is 5.75 Å². The highest BCUT2D eigenvalue weighted by Gasteiger charge is 2.60. The van der Waals surface area contributed by atoms with E-state index in [1.807, 2.05) is 0 Å². The number of halogens is 3. The number of ether oxygens (including phenoxy) is 1. The second-order valence-corrected chi connectivity index (χ2v) is 9.13. The first-order chi connectivity index (χ1) is 16.3. The van der Waals surface area contributed by atoms with Crippen LogP contribution in [0.2, 0.25) is 0 Å². The third kappa shape index (κ3) is 3.42. The SMILES string of the molecule is COc1ccc(N2C(=O)CS[C@]23C(=O)N(Cc2cccc(C(F)(F)F)c2)c2ccccc23)cc1. The smallest absolute Gasteiger partial charge is 0.416 e. The Balaban J connectivity index is 1.58. The van der Waals surface area contributed by atoms with Gasteiger partial charge >= 0.3 is 6.18 Å². The van der Waals surface area contributed by atoms with Crippen LogP contribution in [0.5, 0.6) is 5.75 Å². The summed E-state index contributed by atoms with van der Waals surface area (Å²) in [6, 6.07) is 18.9. The minimum Gasteiger partial charge on any atom is -0.497 e. The number of amides is 2. The molecular weight excluding hydrogens is 465 g/mol. The van der Waals surface area contributed by atoms with E-state index in [1.165, 1.54) is 34.7 Å². The van der Waals surface area contributed by atoms with Gasteiger partial charge in [0.1, 0.15) is 5.75 Å². The molecule has 2 heterocycles. The summed E-state index contributed by atoms with van der Waals surface area (Å²) >= 11 is 1.22. The highest BCUT2D eigenvalue weighted by molar-refractivity contribution is 8.02. The summed E-state index contributed by atoms with van der Waals surface area (Å²) in [4.78, 5) is 28.7. The highest BCUT2D eigenvalue weighted by atomic mass is 32.2. The minimum absolute atomic E-state index is 0.0489. The summed E-state index contributed by atoms with van der Waals surface area (Å²) in [6.07, 6.45) is -4.48. The van der Waals surface area contributed by atoms with Crippen molar-refractivity contribution in [3.63, 3.8) is 0 Å². The molecule has 174 valence electrons.